The van der Waals surface area contributed by atoms with Gasteiger partial charge in [-0.1, -0.05) is 18.7 Å². The van der Waals surface area contributed by atoms with Gasteiger partial charge in [0.2, 0.25) is 11.1 Å². The molecule has 0 aliphatic carbocycles. The molecule has 22 heavy (non-hydrogen) atoms. The van der Waals surface area contributed by atoms with E-state index < -0.39 is 0 Å². The van der Waals surface area contributed by atoms with E-state index in [-0.39, 0.29) is 16.9 Å². The molecule has 2 rings (SSSR count). The summed E-state index contributed by atoms with van der Waals surface area (Å²) in [5.74, 6) is 0.614. The highest BCUT2D eigenvalue weighted by Crippen LogP contribution is 2.23. The van der Waals surface area contributed by atoms with Crippen LogP contribution in [0.4, 0.5) is 5.69 Å². The lowest BCUT2D eigenvalue weighted by Crippen LogP contribution is -2.24. The normalized spacial score (nSPS) is 12.0. The van der Waals surface area contributed by atoms with E-state index in [1.165, 1.54) is 18.7 Å². The summed E-state index contributed by atoms with van der Waals surface area (Å²) in [6.07, 6.45) is 0.662. The summed E-state index contributed by atoms with van der Waals surface area (Å²) in [5.41, 5.74) is 1.29. The summed E-state index contributed by atoms with van der Waals surface area (Å²) in [6.45, 7) is 5.26. The van der Waals surface area contributed by atoms with Gasteiger partial charge in [0.15, 0.2) is 5.78 Å². The van der Waals surface area contributed by atoms with Crippen molar-refractivity contribution < 1.29 is 9.59 Å². The van der Waals surface area contributed by atoms with Gasteiger partial charge in [0, 0.05) is 11.3 Å². The molecule has 6 nitrogen and oxygen atoms in total. The van der Waals surface area contributed by atoms with E-state index in [1.54, 1.807) is 24.3 Å². The molecule has 0 aliphatic rings. The highest BCUT2D eigenvalue weighted by Gasteiger charge is 2.20. The smallest absolute Gasteiger partial charge is 0.237 e. The van der Waals surface area contributed by atoms with Crippen LogP contribution in [0, 0.1) is 6.92 Å². The van der Waals surface area contributed by atoms with Gasteiger partial charge >= 0.3 is 0 Å². The second kappa shape index (κ2) is 7.22. The summed E-state index contributed by atoms with van der Waals surface area (Å²) in [6, 6.07) is 6.85. The van der Waals surface area contributed by atoms with E-state index >= 15 is 0 Å². The number of H-pyrrole nitrogens is 1. The average Bonchev–Trinajstić information content (AvgIpc) is 2.90. The number of thioether (sulfide) groups is 1. The van der Waals surface area contributed by atoms with Gasteiger partial charge in [-0.3, -0.25) is 14.7 Å². The highest BCUT2D eigenvalue weighted by atomic mass is 32.2. The number of hydrogen-bond acceptors (Lipinski definition) is 5. The van der Waals surface area contributed by atoms with Gasteiger partial charge in [-0.25, -0.2) is 4.98 Å². The molecular formula is C15H18N4O2S. The summed E-state index contributed by atoms with van der Waals surface area (Å²) < 4.78 is 0. The molecule has 0 aliphatic heterocycles. The van der Waals surface area contributed by atoms with Crippen molar-refractivity contribution in [3.63, 3.8) is 0 Å². The first-order chi connectivity index (χ1) is 10.5. The van der Waals surface area contributed by atoms with Crippen molar-refractivity contribution in [2.24, 2.45) is 0 Å². The largest absolute Gasteiger partial charge is 0.325 e. The molecule has 7 heteroatoms. The van der Waals surface area contributed by atoms with E-state index in [2.05, 4.69) is 20.5 Å². The molecule has 0 spiro atoms. The Bertz CT molecular complexity index is 666. The number of nitrogens with one attached hydrogen (secondary N) is 2. The molecule has 0 saturated carbocycles. The SMILES string of the molecule is CC[C@@H](Sc1n[nH]c(C)n1)C(=O)Nc1ccc(C(C)=O)cc1. The van der Waals surface area contributed by atoms with E-state index in [4.69, 9.17) is 0 Å². The van der Waals surface area contributed by atoms with Crippen LogP contribution in [0.15, 0.2) is 29.4 Å². The lowest BCUT2D eigenvalue weighted by molar-refractivity contribution is -0.115. The predicted octanol–water partition coefficient (Wildman–Crippen LogP) is 2.83. The molecule has 2 N–H and O–H groups in total. The van der Waals surface area contributed by atoms with Gasteiger partial charge in [0.1, 0.15) is 5.82 Å². The number of amides is 1. The Labute approximate surface area is 133 Å². The number of aryl methyl sites for hydroxylation is 1. The number of hydrogen-bond donors (Lipinski definition) is 2. The number of ketones is 1. The van der Waals surface area contributed by atoms with Crippen molar-refractivity contribution in [1.29, 1.82) is 0 Å². The summed E-state index contributed by atoms with van der Waals surface area (Å²) in [4.78, 5) is 27.7. The fourth-order valence-electron chi connectivity index (χ4n) is 1.84. The summed E-state index contributed by atoms with van der Waals surface area (Å²) in [7, 11) is 0. The monoisotopic (exact) mass is 318 g/mol. The molecule has 1 amide bonds. The van der Waals surface area contributed by atoms with Crippen molar-refractivity contribution in [3.8, 4) is 0 Å². The number of aromatic amines is 1. The number of anilines is 1. The van der Waals surface area contributed by atoms with Crippen molar-refractivity contribution in [1.82, 2.24) is 15.2 Å². The number of carbonyl (C=O) groups is 2. The maximum atomic E-state index is 12.3. The first kappa shape index (κ1) is 16.2. The topological polar surface area (TPSA) is 87.7 Å². The van der Waals surface area contributed by atoms with Gasteiger partial charge in [-0.15, -0.1) is 5.10 Å². The number of nitrogens with zero attached hydrogens (tertiary/aromatic N) is 2. The molecule has 0 unspecified atom stereocenters. The highest BCUT2D eigenvalue weighted by molar-refractivity contribution is 8.00. The van der Waals surface area contributed by atoms with Crippen molar-refractivity contribution in [2.75, 3.05) is 5.32 Å². The number of Topliss-reactive ketones (excluding diaryl/α,β-unsaturated/α-hetero) is 1. The Morgan fingerprint density at radius 1 is 1.32 bits per heavy atom. The second-order valence-corrected chi connectivity index (χ2v) is 6.01. The van der Waals surface area contributed by atoms with E-state index in [0.29, 0.717) is 22.8 Å². The molecule has 0 bridgehead atoms. The van der Waals surface area contributed by atoms with Crippen LogP contribution in [0.1, 0.15) is 36.5 Å². The Morgan fingerprint density at radius 2 is 2.00 bits per heavy atom. The van der Waals surface area contributed by atoms with Crippen LogP contribution in [-0.2, 0) is 4.79 Å². The fourth-order valence-corrected chi connectivity index (χ4v) is 2.71. The zero-order chi connectivity index (χ0) is 16.1. The first-order valence-corrected chi connectivity index (χ1v) is 7.85. The van der Waals surface area contributed by atoms with Gasteiger partial charge < -0.3 is 5.32 Å². The molecule has 0 fully saturated rings. The van der Waals surface area contributed by atoms with Crippen molar-refractivity contribution in [3.05, 3.63) is 35.7 Å². The lowest BCUT2D eigenvalue weighted by atomic mass is 10.1. The van der Waals surface area contributed by atoms with Gasteiger partial charge in [-0.05, 0) is 44.5 Å². The third kappa shape index (κ3) is 4.17. The molecule has 1 heterocycles. The maximum absolute atomic E-state index is 12.3. The van der Waals surface area contributed by atoms with Crippen LogP contribution in [0.2, 0.25) is 0 Å². The lowest BCUT2D eigenvalue weighted by Gasteiger charge is -2.13. The zero-order valence-electron chi connectivity index (χ0n) is 12.7. The van der Waals surface area contributed by atoms with E-state index in [1.807, 2.05) is 13.8 Å². The maximum Gasteiger partial charge on any atom is 0.237 e. The third-order valence-corrected chi connectivity index (χ3v) is 4.27. The van der Waals surface area contributed by atoms with E-state index in [9.17, 15) is 9.59 Å². The Balaban J connectivity index is 2.00. The predicted molar refractivity (Wildman–Crippen MR) is 86.1 cm³/mol. The number of rotatable bonds is 6. The van der Waals surface area contributed by atoms with Gasteiger partial charge in [0.25, 0.3) is 0 Å². The van der Waals surface area contributed by atoms with Crippen LogP contribution >= 0.6 is 11.8 Å². The number of carbonyl (C=O) groups excluding carboxylic acids is 2. The summed E-state index contributed by atoms with van der Waals surface area (Å²) >= 11 is 1.33. The molecule has 1 aromatic carbocycles. The second-order valence-electron chi connectivity index (χ2n) is 4.84. The average molecular weight is 318 g/mol. The molecule has 0 saturated heterocycles. The molecule has 1 aromatic heterocycles. The van der Waals surface area contributed by atoms with Crippen LogP contribution in [0.3, 0.4) is 0 Å². The standard InChI is InChI=1S/C15H18N4O2S/c1-4-13(22-15-16-10(3)18-19-15)14(21)17-12-7-5-11(6-8-12)9(2)20/h5-8,13H,4H2,1-3H3,(H,17,21)(H,16,18,19)/t13-/m1/s1. The first-order valence-electron chi connectivity index (χ1n) is 6.97. The Kier molecular flexibility index (Phi) is 5.32. The molecular weight excluding hydrogens is 300 g/mol. The van der Waals surface area contributed by atoms with Crippen LogP contribution in [0.5, 0.6) is 0 Å². The van der Waals surface area contributed by atoms with Gasteiger partial charge in [-0.2, -0.15) is 0 Å². The minimum absolute atomic E-state index is 0.000145. The van der Waals surface area contributed by atoms with Crippen LogP contribution in [-0.4, -0.2) is 32.1 Å². The number of aromatic nitrogens is 3. The minimum Gasteiger partial charge on any atom is -0.325 e. The van der Waals surface area contributed by atoms with Crippen molar-refractivity contribution >= 4 is 29.1 Å². The summed E-state index contributed by atoms with van der Waals surface area (Å²) in [5, 5.41) is 9.93. The zero-order valence-corrected chi connectivity index (χ0v) is 13.5. The molecule has 1 atom stereocenters. The van der Waals surface area contributed by atoms with Crippen LogP contribution < -0.4 is 5.32 Å². The number of benzene rings is 1. The Morgan fingerprint density at radius 3 is 2.50 bits per heavy atom. The molecule has 116 valence electrons. The van der Waals surface area contributed by atoms with Crippen molar-refractivity contribution in [2.45, 2.75) is 37.6 Å². The third-order valence-electron chi connectivity index (χ3n) is 3.05. The van der Waals surface area contributed by atoms with Crippen LogP contribution in [0.25, 0.3) is 0 Å². The molecule has 0 radical (unpaired) electrons. The minimum atomic E-state index is -0.275. The molecule has 2 aromatic rings. The van der Waals surface area contributed by atoms with E-state index in [0.717, 1.165) is 5.82 Å². The fraction of sp³-hybridized carbons (Fsp3) is 0.333. The Hall–Kier alpha value is -2.15. The van der Waals surface area contributed by atoms with Gasteiger partial charge in [0.05, 0.1) is 5.25 Å². The quantitative estimate of drug-likeness (QED) is 0.631.